The molecular formula is C14H20FNO2. The van der Waals surface area contributed by atoms with Crippen molar-refractivity contribution in [2.45, 2.75) is 37.8 Å². The molecule has 0 bridgehead atoms. The van der Waals surface area contributed by atoms with Crippen LogP contribution in [0.2, 0.25) is 0 Å². The molecule has 1 saturated carbocycles. The summed E-state index contributed by atoms with van der Waals surface area (Å²) in [5.41, 5.74) is 0.512. The first-order valence-corrected chi connectivity index (χ1v) is 6.33. The fourth-order valence-corrected chi connectivity index (χ4v) is 2.35. The van der Waals surface area contributed by atoms with Crippen molar-refractivity contribution < 1.29 is 14.2 Å². The molecule has 0 aliphatic heterocycles. The first-order chi connectivity index (χ1) is 8.56. The average molecular weight is 253 g/mol. The van der Waals surface area contributed by atoms with Crippen LogP contribution in [0, 0.1) is 5.82 Å². The lowest BCUT2D eigenvalue weighted by Gasteiger charge is -2.41. The van der Waals surface area contributed by atoms with Gasteiger partial charge in [-0.15, -0.1) is 0 Å². The van der Waals surface area contributed by atoms with Crippen LogP contribution in [0.15, 0.2) is 18.2 Å². The Labute approximate surface area is 107 Å². The number of phenols is 1. The molecule has 100 valence electrons. The molecular weight excluding hydrogens is 233 g/mol. The van der Waals surface area contributed by atoms with Crippen LogP contribution >= 0.6 is 0 Å². The van der Waals surface area contributed by atoms with Crippen LogP contribution in [-0.4, -0.2) is 24.4 Å². The third-order valence-corrected chi connectivity index (χ3v) is 3.88. The fraction of sp³-hybridized carbons (Fsp3) is 0.571. The van der Waals surface area contributed by atoms with Crippen molar-refractivity contribution in [1.82, 2.24) is 5.32 Å². The molecule has 1 fully saturated rings. The van der Waals surface area contributed by atoms with Gasteiger partial charge in [-0.05, 0) is 44.4 Å². The predicted molar refractivity (Wildman–Crippen MR) is 68.1 cm³/mol. The molecule has 0 radical (unpaired) electrons. The standard InChI is InChI=1S/C14H20FNO2/c1-10(12-8-11(15)4-5-13(12)17)16-9-14(18-2)6-3-7-14/h4-5,8,10,16-17H,3,6-7,9H2,1-2H3. The zero-order valence-corrected chi connectivity index (χ0v) is 10.9. The van der Waals surface area contributed by atoms with E-state index in [0.717, 1.165) is 19.4 Å². The smallest absolute Gasteiger partial charge is 0.123 e. The summed E-state index contributed by atoms with van der Waals surface area (Å²) in [6.07, 6.45) is 3.30. The lowest BCUT2D eigenvalue weighted by molar-refractivity contribution is -0.0706. The minimum absolute atomic E-state index is 0.0722. The molecule has 4 heteroatoms. The van der Waals surface area contributed by atoms with Crippen molar-refractivity contribution in [2.24, 2.45) is 0 Å². The van der Waals surface area contributed by atoms with Gasteiger partial charge in [-0.1, -0.05) is 0 Å². The molecule has 1 aromatic carbocycles. The van der Waals surface area contributed by atoms with Crippen molar-refractivity contribution in [3.05, 3.63) is 29.6 Å². The van der Waals surface area contributed by atoms with Gasteiger partial charge in [0, 0.05) is 25.3 Å². The molecule has 0 spiro atoms. The molecule has 1 atom stereocenters. The van der Waals surface area contributed by atoms with Crippen molar-refractivity contribution >= 4 is 0 Å². The number of ether oxygens (including phenoxy) is 1. The Hall–Kier alpha value is -1.13. The molecule has 1 aliphatic rings. The minimum Gasteiger partial charge on any atom is -0.508 e. The number of aromatic hydroxyl groups is 1. The van der Waals surface area contributed by atoms with E-state index in [1.54, 1.807) is 7.11 Å². The first kappa shape index (κ1) is 13.3. The van der Waals surface area contributed by atoms with Crippen LogP contribution in [0.25, 0.3) is 0 Å². The molecule has 18 heavy (non-hydrogen) atoms. The Bertz CT molecular complexity index is 413. The Morgan fingerprint density at radius 2 is 2.22 bits per heavy atom. The van der Waals surface area contributed by atoms with Crippen LogP contribution in [0.4, 0.5) is 4.39 Å². The van der Waals surface area contributed by atoms with Gasteiger partial charge in [-0.25, -0.2) is 4.39 Å². The highest BCUT2D eigenvalue weighted by Crippen LogP contribution is 2.35. The van der Waals surface area contributed by atoms with Crippen LogP contribution in [-0.2, 0) is 4.74 Å². The van der Waals surface area contributed by atoms with E-state index in [2.05, 4.69) is 5.32 Å². The Balaban J connectivity index is 1.99. The molecule has 0 heterocycles. The van der Waals surface area contributed by atoms with Gasteiger partial charge in [-0.3, -0.25) is 0 Å². The SMILES string of the molecule is COC1(CNC(C)c2cc(F)ccc2O)CCC1. The van der Waals surface area contributed by atoms with E-state index in [0.29, 0.717) is 5.56 Å². The van der Waals surface area contributed by atoms with Gasteiger partial charge in [0.25, 0.3) is 0 Å². The maximum Gasteiger partial charge on any atom is 0.123 e. The maximum atomic E-state index is 13.2. The van der Waals surface area contributed by atoms with Gasteiger partial charge >= 0.3 is 0 Å². The van der Waals surface area contributed by atoms with E-state index in [4.69, 9.17) is 4.74 Å². The summed E-state index contributed by atoms with van der Waals surface area (Å²) in [6, 6.07) is 3.91. The van der Waals surface area contributed by atoms with Crippen molar-refractivity contribution in [2.75, 3.05) is 13.7 Å². The summed E-state index contributed by atoms with van der Waals surface area (Å²) in [5.74, 6) is -0.210. The molecule has 2 N–H and O–H groups in total. The molecule has 1 unspecified atom stereocenters. The topological polar surface area (TPSA) is 41.5 Å². The Morgan fingerprint density at radius 1 is 1.50 bits per heavy atom. The number of benzene rings is 1. The van der Waals surface area contributed by atoms with Gasteiger partial charge in [0.15, 0.2) is 0 Å². The third kappa shape index (κ3) is 2.65. The van der Waals surface area contributed by atoms with Crippen LogP contribution < -0.4 is 5.32 Å². The lowest BCUT2D eigenvalue weighted by Crippen LogP contribution is -2.48. The molecule has 1 aromatic rings. The van der Waals surface area contributed by atoms with Crippen LogP contribution in [0.3, 0.4) is 0 Å². The summed E-state index contributed by atoms with van der Waals surface area (Å²) in [5, 5.41) is 13.0. The number of rotatable bonds is 5. The minimum atomic E-state index is -0.332. The fourth-order valence-electron chi connectivity index (χ4n) is 2.35. The van der Waals surface area contributed by atoms with Crippen molar-refractivity contribution in [3.8, 4) is 5.75 Å². The van der Waals surface area contributed by atoms with Gasteiger partial charge in [0.1, 0.15) is 11.6 Å². The Morgan fingerprint density at radius 3 is 2.78 bits per heavy atom. The Kier molecular flexibility index (Phi) is 3.88. The van der Waals surface area contributed by atoms with Crippen molar-refractivity contribution in [3.63, 3.8) is 0 Å². The second kappa shape index (κ2) is 5.24. The van der Waals surface area contributed by atoms with E-state index in [1.165, 1.54) is 24.6 Å². The van der Waals surface area contributed by atoms with Gasteiger partial charge in [0.05, 0.1) is 5.60 Å². The molecule has 0 aromatic heterocycles. The maximum absolute atomic E-state index is 13.2. The summed E-state index contributed by atoms with van der Waals surface area (Å²) in [7, 11) is 1.73. The van der Waals surface area contributed by atoms with E-state index in [-0.39, 0.29) is 23.2 Å². The molecule has 0 saturated heterocycles. The van der Waals surface area contributed by atoms with Crippen molar-refractivity contribution in [1.29, 1.82) is 0 Å². The van der Waals surface area contributed by atoms with E-state index in [9.17, 15) is 9.50 Å². The summed E-state index contributed by atoms with van der Waals surface area (Å²) < 4.78 is 18.7. The van der Waals surface area contributed by atoms with Crippen LogP contribution in [0.1, 0.15) is 37.8 Å². The summed E-state index contributed by atoms with van der Waals surface area (Å²) in [6.45, 7) is 2.64. The number of phenolic OH excluding ortho intramolecular Hbond substituents is 1. The summed E-state index contributed by atoms with van der Waals surface area (Å²) >= 11 is 0. The van der Waals surface area contributed by atoms with Gasteiger partial charge in [-0.2, -0.15) is 0 Å². The normalized spacial score (nSPS) is 19.3. The average Bonchev–Trinajstić information content (AvgIpc) is 2.31. The molecule has 2 rings (SSSR count). The predicted octanol–water partition coefficient (Wildman–Crippen LogP) is 2.75. The highest BCUT2D eigenvalue weighted by Gasteiger charge is 2.36. The zero-order chi connectivity index (χ0) is 13.2. The highest BCUT2D eigenvalue weighted by atomic mass is 19.1. The number of nitrogens with one attached hydrogen (secondary N) is 1. The molecule has 1 aliphatic carbocycles. The second-order valence-electron chi connectivity index (χ2n) is 5.05. The van der Waals surface area contributed by atoms with Gasteiger partial charge < -0.3 is 15.2 Å². The van der Waals surface area contributed by atoms with E-state index < -0.39 is 0 Å². The number of methoxy groups -OCH3 is 1. The van der Waals surface area contributed by atoms with Crippen LogP contribution in [0.5, 0.6) is 5.75 Å². The monoisotopic (exact) mass is 253 g/mol. The number of halogens is 1. The number of hydrogen-bond acceptors (Lipinski definition) is 3. The van der Waals surface area contributed by atoms with E-state index >= 15 is 0 Å². The van der Waals surface area contributed by atoms with Gasteiger partial charge in [0.2, 0.25) is 0 Å². The first-order valence-electron chi connectivity index (χ1n) is 6.33. The zero-order valence-electron chi connectivity index (χ0n) is 10.9. The molecule has 0 amide bonds. The molecule has 3 nitrogen and oxygen atoms in total. The lowest BCUT2D eigenvalue weighted by atomic mass is 9.80. The quantitative estimate of drug-likeness (QED) is 0.847. The second-order valence-corrected chi connectivity index (χ2v) is 5.05. The third-order valence-electron chi connectivity index (χ3n) is 3.88. The largest absolute Gasteiger partial charge is 0.508 e. The van der Waals surface area contributed by atoms with E-state index in [1.807, 2.05) is 6.92 Å². The summed E-state index contributed by atoms with van der Waals surface area (Å²) in [4.78, 5) is 0. The number of hydrogen-bond donors (Lipinski definition) is 2. The highest BCUT2D eigenvalue weighted by molar-refractivity contribution is 5.34.